The van der Waals surface area contributed by atoms with Gasteiger partial charge in [0.15, 0.2) is 0 Å². The molecule has 0 aromatic carbocycles. The average molecular weight is 203 g/mol. The van der Waals surface area contributed by atoms with Gasteiger partial charge in [0, 0.05) is 0 Å². The van der Waals surface area contributed by atoms with Crippen LogP contribution in [0.3, 0.4) is 0 Å². The fourth-order valence-electron chi connectivity index (χ4n) is 0.553. The second-order valence-corrected chi connectivity index (χ2v) is 1.87. The zero-order valence-electron chi connectivity index (χ0n) is 6.49. The first-order valence-electron chi connectivity index (χ1n) is 3.23. The van der Waals surface area contributed by atoms with Crippen LogP contribution in [-0.4, -0.2) is 23.1 Å². The summed E-state index contributed by atoms with van der Waals surface area (Å²) in [5, 5.41) is 0. The van der Waals surface area contributed by atoms with E-state index < -0.39 is 0 Å². The van der Waals surface area contributed by atoms with E-state index in [4.69, 9.17) is 0 Å². The van der Waals surface area contributed by atoms with E-state index in [2.05, 4.69) is 20.3 Å². The summed E-state index contributed by atoms with van der Waals surface area (Å²) >= 11 is 0. The summed E-state index contributed by atoms with van der Waals surface area (Å²) in [6, 6.07) is 0. The summed E-state index contributed by atoms with van der Waals surface area (Å²) in [5.41, 5.74) is 0. The Balaban J connectivity index is -0.000000180. The molecule has 0 atom stereocenters. The maximum atomic E-state index is 2.36. The summed E-state index contributed by atoms with van der Waals surface area (Å²) < 4.78 is 0. The van der Waals surface area contributed by atoms with Gasteiger partial charge in [-0.05, 0) is 0 Å². The van der Waals surface area contributed by atoms with Crippen LogP contribution in [0.5, 0.6) is 0 Å². The van der Waals surface area contributed by atoms with Crippen LogP contribution >= 0.6 is 0 Å². The summed E-state index contributed by atoms with van der Waals surface area (Å²) in [6.45, 7) is 4.43. The molecule has 0 amide bonds. The molecule has 0 aliphatic rings. The third-order valence-corrected chi connectivity index (χ3v) is 0.986. The van der Waals surface area contributed by atoms with E-state index in [1.807, 2.05) is 0 Å². The summed E-state index contributed by atoms with van der Waals surface area (Å²) in [6.07, 6.45) is 7.57. The molecule has 0 saturated carbocycles. The van der Waals surface area contributed by atoms with Gasteiger partial charge in [-0.2, -0.15) is 12.8 Å². The van der Waals surface area contributed by atoms with Crippen LogP contribution < -0.4 is 17.0 Å². The van der Waals surface area contributed by atoms with Crippen molar-refractivity contribution in [1.82, 2.24) is 0 Å². The predicted molar refractivity (Wildman–Crippen MR) is 39.9 cm³/mol. The topological polar surface area (TPSA) is 0 Å². The van der Waals surface area contributed by atoms with Crippen LogP contribution in [0.1, 0.15) is 39.5 Å². The second kappa shape index (κ2) is 16.1. The summed E-state index contributed by atoms with van der Waals surface area (Å²) in [7, 11) is 0. The summed E-state index contributed by atoms with van der Waals surface area (Å²) in [5.74, 6) is 0. The molecule has 2 heteroatoms. The second-order valence-electron chi connectivity index (χ2n) is 1.87. The quantitative estimate of drug-likeness (QED) is 0.326. The van der Waals surface area contributed by atoms with Gasteiger partial charge >= 0.3 is 23.1 Å². The Hall–Kier alpha value is 1.25. The van der Waals surface area contributed by atoms with Crippen LogP contribution in [0.25, 0.3) is 0 Å². The molecule has 0 rings (SSSR count). The van der Waals surface area contributed by atoms with E-state index in [1.54, 1.807) is 0 Å². The molecule has 52 valence electrons. The van der Waals surface area contributed by atoms with Gasteiger partial charge in [0.1, 0.15) is 0 Å². The van der Waals surface area contributed by atoms with E-state index in [1.165, 1.54) is 25.7 Å². The maximum absolute atomic E-state index is 2.36. The Labute approximate surface area is 85.7 Å². The van der Waals surface area contributed by atoms with Crippen molar-refractivity contribution in [3.63, 3.8) is 0 Å². The standard InChI is InChI=1S/C7H15.BrH.Mg/c1-3-5-7-6-4-2;;/h7H,3-6H2,1-2H3;1H;/q-1;;+2/p-1. The molecule has 0 bridgehead atoms. The van der Waals surface area contributed by atoms with Gasteiger partial charge in [0.25, 0.3) is 0 Å². The van der Waals surface area contributed by atoms with Gasteiger partial charge in [-0.15, -0.1) is 0 Å². The first-order chi connectivity index (χ1) is 3.41. The van der Waals surface area contributed by atoms with Crippen molar-refractivity contribution in [3.8, 4) is 0 Å². The fraction of sp³-hybridized carbons (Fsp3) is 0.857. The minimum absolute atomic E-state index is 0. The van der Waals surface area contributed by atoms with Crippen molar-refractivity contribution in [1.29, 1.82) is 0 Å². The predicted octanol–water partition coefficient (Wildman–Crippen LogP) is -0.586. The van der Waals surface area contributed by atoms with Crippen LogP contribution in [-0.2, 0) is 0 Å². The molecule has 0 saturated heterocycles. The summed E-state index contributed by atoms with van der Waals surface area (Å²) in [4.78, 5) is 0. The molecular weight excluding hydrogens is 188 g/mol. The molecule has 0 spiro atoms. The van der Waals surface area contributed by atoms with Crippen molar-refractivity contribution in [3.05, 3.63) is 6.42 Å². The van der Waals surface area contributed by atoms with Crippen LogP contribution in [0.15, 0.2) is 0 Å². The van der Waals surface area contributed by atoms with Gasteiger partial charge in [-0.1, -0.05) is 26.7 Å². The third-order valence-electron chi connectivity index (χ3n) is 0.986. The number of unbranched alkanes of at least 4 members (excludes halogenated alkanes) is 4. The molecule has 0 fully saturated rings. The Bertz CT molecular complexity index is 28.1. The average Bonchev–Trinajstić information content (AvgIpc) is 1.69. The number of hydrogen-bond donors (Lipinski definition) is 0. The van der Waals surface area contributed by atoms with Gasteiger partial charge < -0.3 is 23.4 Å². The number of hydrogen-bond acceptors (Lipinski definition) is 0. The Kier molecular flexibility index (Phi) is 29.9. The minimum atomic E-state index is 0. The van der Waals surface area contributed by atoms with E-state index >= 15 is 0 Å². The molecule has 0 aromatic heterocycles. The molecule has 0 aliphatic carbocycles. The molecule has 0 radical (unpaired) electrons. The molecule has 0 nitrogen and oxygen atoms in total. The minimum Gasteiger partial charge on any atom is -1.00 e. The zero-order valence-corrected chi connectivity index (χ0v) is 9.49. The molecule has 0 unspecified atom stereocenters. The monoisotopic (exact) mass is 202 g/mol. The molecular formula is C7H15BrMg. The molecule has 9 heavy (non-hydrogen) atoms. The maximum Gasteiger partial charge on any atom is 2.00 e. The Morgan fingerprint density at radius 2 is 1.33 bits per heavy atom. The fourth-order valence-corrected chi connectivity index (χ4v) is 0.553. The van der Waals surface area contributed by atoms with Crippen molar-refractivity contribution < 1.29 is 17.0 Å². The first kappa shape index (κ1) is 16.7. The van der Waals surface area contributed by atoms with Crippen LogP contribution in [0.4, 0.5) is 0 Å². The van der Waals surface area contributed by atoms with E-state index in [0.717, 1.165) is 0 Å². The first-order valence-corrected chi connectivity index (χ1v) is 3.23. The van der Waals surface area contributed by atoms with Gasteiger partial charge in [-0.25, -0.2) is 0 Å². The smallest absolute Gasteiger partial charge is 1.00 e. The molecule has 0 heterocycles. The van der Waals surface area contributed by atoms with E-state index in [-0.39, 0.29) is 40.0 Å². The Morgan fingerprint density at radius 3 is 1.56 bits per heavy atom. The Morgan fingerprint density at radius 1 is 1.00 bits per heavy atom. The zero-order chi connectivity index (χ0) is 5.54. The van der Waals surface area contributed by atoms with E-state index in [0.29, 0.717) is 0 Å². The van der Waals surface area contributed by atoms with Crippen molar-refractivity contribution in [2.24, 2.45) is 0 Å². The number of halogens is 1. The van der Waals surface area contributed by atoms with Crippen LogP contribution in [0.2, 0.25) is 0 Å². The number of rotatable bonds is 4. The molecule has 0 aromatic rings. The normalized spacial score (nSPS) is 7.33. The van der Waals surface area contributed by atoms with Crippen LogP contribution in [0, 0.1) is 6.42 Å². The van der Waals surface area contributed by atoms with Crippen molar-refractivity contribution >= 4 is 23.1 Å². The van der Waals surface area contributed by atoms with Gasteiger partial charge in [0.05, 0.1) is 0 Å². The van der Waals surface area contributed by atoms with E-state index in [9.17, 15) is 0 Å². The van der Waals surface area contributed by atoms with Crippen molar-refractivity contribution in [2.75, 3.05) is 0 Å². The molecule has 0 N–H and O–H groups in total. The van der Waals surface area contributed by atoms with Gasteiger partial charge in [0.2, 0.25) is 0 Å². The SMILES string of the molecule is CCC[CH-]CCC.[Br-].[Mg+2]. The van der Waals surface area contributed by atoms with Crippen molar-refractivity contribution in [2.45, 2.75) is 39.5 Å². The van der Waals surface area contributed by atoms with Gasteiger partial charge in [-0.3, -0.25) is 0 Å². The molecule has 0 aliphatic heterocycles. The largest absolute Gasteiger partial charge is 2.00 e. The third kappa shape index (κ3) is 17.6.